The normalized spacial score (nSPS) is 10.3. The van der Waals surface area contributed by atoms with Crippen molar-refractivity contribution in [2.45, 2.75) is 13.8 Å². The fourth-order valence-electron chi connectivity index (χ4n) is 1.62. The number of halogens is 1. The van der Waals surface area contributed by atoms with Crippen LogP contribution in [0.3, 0.4) is 0 Å². The van der Waals surface area contributed by atoms with Crippen molar-refractivity contribution in [3.63, 3.8) is 0 Å². The van der Waals surface area contributed by atoms with E-state index in [2.05, 4.69) is 5.32 Å². The Bertz CT molecular complexity index is 638. The fourth-order valence-corrected chi connectivity index (χ4v) is 1.62. The van der Waals surface area contributed by atoms with Gasteiger partial charge in [-0.3, -0.25) is 4.79 Å². The molecule has 0 spiro atoms. The largest absolute Gasteiger partial charge is 0.508 e. The Kier molecular flexibility index (Phi) is 3.51. The molecule has 0 aliphatic rings. The first-order valence-corrected chi connectivity index (χ1v) is 5.84. The third-order valence-electron chi connectivity index (χ3n) is 2.90. The highest BCUT2D eigenvalue weighted by molar-refractivity contribution is 6.04. The SMILES string of the molecule is Cc1ccc(NC(=O)c2ccc(C)c(F)c2)cc1O. The highest BCUT2D eigenvalue weighted by Gasteiger charge is 2.09. The van der Waals surface area contributed by atoms with E-state index >= 15 is 0 Å². The molecule has 2 aromatic rings. The Morgan fingerprint density at radius 1 is 1.11 bits per heavy atom. The lowest BCUT2D eigenvalue weighted by Crippen LogP contribution is -2.12. The number of rotatable bonds is 2. The molecule has 0 radical (unpaired) electrons. The van der Waals surface area contributed by atoms with Gasteiger partial charge in [0, 0.05) is 17.3 Å². The Morgan fingerprint density at radius 3 is 2.42 bits per heavy atom. The van der Waals surface area contributed by atoms with Crippen LogP contribution < -0.4 is 5.32 Å². The number of aryl methyl sites for hydroxylation is 2. The molecule has 1 amide bonds. The standard InChI is InChI=1S/C15H14FNO2/c1-9-3-5-11(7-13(9)16)15(19)17-12-6-4-10(2)14(18)8-12/h3-8,18H,1-2H3,(H,17,19). The second-order valence-electron chi connectivity index (χ2n) is 4.42. The van der Waals surface area contributed by atoms with Crippen LogP contribution in [0, 0.1) is 19.7 Å². The van der Waals surface area contributed by atoms with E-state index in [0.29, 0.717) is 11.3 Å². The maximum absolute atomic E-state index is 13.4. The Hall–Kier alpha value is -2.36. The molecule has 0 saturated heterocycles. The lowest BCUT2D eigenvalue weighted by molar-refractivity contribution is 0.102. The molecule has 19 heavy (non-hydrogen) atoms. The molecule has 4 heteroatoms. The quantitative estimate of drug-likeness (QED) is 0.868. The topological polar surface area (TPSA) is 49.3 Å². The molecule has 0 saturated carbocycles. The average molecular weight is 259 g/mol. The number of benzene rings is 2. The van der Waals surface area contributed by atoms with Gasteiger partial charge in [0.15, 0.2) is 0 Å². The summed E-state index contributed by atoms with van der Waals surface area (Å²) < 4.78 is 13.4. The molecule has 0 unspecified atom stereocenters. The second-order valence-corrected chi connectivity index (χ2v) is 4.42. The molecule has 0 aliphatic carbocycles. The third-order valence-corrected chi connectivity index (χ3v) is 2.90. The fraction of sp³-hybridized carbons (Fsp3) is 0.133. The highest BCUT2D eigenvalue weighted by Crippen LogP contribution is 2.21. The Balaban J connectivity index is 2.20. The van der Waals surface area contributed by atoms with Gasteiger partial charge in [0.05, 0.1) is 0 Å². The van der Waals surface area contributed by atoms with Gasteiger partial charge >= 0.3 is 0 Å². The van der Waals surface area contributed by atoms with E-state index in [4.69, 9.17) is 0 Å². The van der Waals surface area contributed by atoms with E-state index in [1.54, 1.807) is 38.1 Å². The van der Waals surface area contributed by atoms with Crippen molar-refractivity contribution in [1.29, 1.82) is 0 Å². The van der Waals surface area contributed by atoms with E-state index in [-0.39, 0.29) is 11.3 Å². The molecular formula is C15H14FNO2. The van der Waals surface area contributed by atoms with Gasteiger partial charge in [-0.25, -0.2) is 4.39 Å². The van der Waals surface area contributed by atoms with E-state index < -0.39 is 11.7 Å². The second kappa shape index (κ2) is 5.10. The summed E-state index contributed by atoms with van der Waals surface area (Å²) in [4.78, 5) is 11.9. The molecule has 0 heterocycles. The van der Waals surface area contributed by atoms with Crippen molar-refractivity contribution in [2.75, 3.05) is 5.32 Å². The van der Waals surface area contributed by atoms with E-state index in [9.17, 15) is 14.3 Å². The van der Waals surface area contributed by atoms with Crippen molar-refractivity contribution in [2.24, 2.45) is 0 Å². The molecule has 0 atom stereocenters. The first-order chi connectivity index (χ1) is 8.97. The number of anilines is 1. The minimum absolute atomic E-state index is 0.105. The van der Waals surface area contributed by atoms with Crippen LogP contribution in [0.25, 0.3) is 0 Å². The Morgan fingerprint density at radius 2 is 1.79 bits per heavy atom. The van der Waals surface area contributed by atoms with Gasteiger partial charge in [0.1, 0.15) is 11.6 Å². The number of amides is 1. The average Bonchev–Trinajstić information content (AvgIpc) is 2.37. The van der Waals surface area contributed by atoms with Crippen molar-refractivity contribution in [3.8, 4) is 5.75 Å². The van der Waals surface area contributed by atoms with Gasteiger partial charge < -0.3 is 10.4 Å². The molecule has 0 aliphatic heterocycles. The van der Waals surface area contributed by atoms with Crippen LogP contribution in [0.15, 0.2) is 36.4 Å². The summed E-state index contributed by atoms with van der Waals surface area (Å²) in [5.74, 6) is -0.727. The minimum atomic E-state index is -0.417. The smallest absolute Gasteiger partial charge is 0.255 e. The van der Waals surface area contributed by atoms with Gasteiger partial charge in [-0.05, 0) is 43.2 Å². The van der Waals surface area contributed by atoms with E-state index in [1.807, 2.05) is 0 Å². The predicted octanol–water partition coefficient (Wildman–Crippen LogP) is 3.40. The van der Waals surface area contributed by atoms with Gasteiger partial charge in [0.25, 0.3) is 5.91 Å². The van der Waals surface area contributed by atoms with Crippen molar-refractivity contribution >= 4 is 11.6 Å². The number of hydrogen-bond acceptors (Lipinski definition) is 2. The van der Waals surface area contributed by atoms with Crippen LogP contribution in [0.4, 0.5) is 10.1 Å². The summed E-state index contributed by atoms with van der Waals surface area (Å²) in [6.45, 7) is 3.39. The molecule has 0 aromatic heterocycles. The highest BCUT2D eigenvalue weighted by atomic mass is 19.1. The van der Waals surface area contributed by atoms with Crippen LogP contribution in [0.2, 0.25) is 0 Å². The summed E-state index contributed by atoms with van der Waals surface area (Å²) >= 11 is 0. The van der Waals surface area contributed by atoms with Crippen LogP contribution in [0.1, 0.15) is 21.5 Å². The zero-order valence-corrected chi connectivity index (χ0v) is 10.7. The third kappa shape index (κ3) is 2.91. The maximum atomic E-state index is 13.4. The Labute approximate surface area is 110 Å². The number of aromatic hydroxyl groups is 1. The zero-order valence-electron chi connectivity index (χ0n) is 10.7. The van der Waals surface area contributed by atoms with Crippen LogP contribution in [0.5, 0.6) is 5.75 Å². The van der Waals surface area contributed by atoms with Crippen LogP contribution in [-0.4, -0.2) is 11.0 Å². The number of phenols is 1. The number of hydrogen-bond donors (Lipinski definition) is 2. The summed E-state index contributed by atoms with van der Waals surface area (Å²) in [7, 11) is 0. The van der Waals surface area contributed by atoms with Gasteiger partial charge in [0.2, 0.25) is 0 Å². The molecule has 3 nitrogen and oxygen atoms in total. The lowest BCUT2D eigenvalue weighted by atomic mass is 10.1. The predicted molar refractivity (Wildman–Crippen MR) is 71.9 cm³/mol. The van der Waals surface area contributed by atoms with Crippen molar-refractivity contribution in [1.82, 2.24) is 0 Å². The lowest BCUT2D eigenvalue weighted by Gasteiger charge is -2.07. The molecule has 98 valence electrons. The molecule has 0 bridgehead atoms. The minimum Gasteiger partial charge on any atom is -0.508 e. The van der Waals surface area contributed by atoms with Crippen molar-refractivity contribution < 1.29 is 14.3 Å². The number of nitrogens with one attached hydrogen (secondary N) is 1. The number of carbonyl (C=O) groups is 1. The summed E-state index contributed by atoms with van der Waals surface area (Å²) in [5.41, 5.74) is 1.92. The van der Waals surface area contributed by atoms with Crippen LogP contribution in [-0.2, 0) is 0 Å². The zero-order chi connectivity index (χ0) is 14.0. The number of carbonyl (C=O) groups excluding carboxylic acids is 1. The summed E-state index contributed by atoms with van der Waals surface area (Å²) in [6, 6.07) is 9.13. The van der Waals surface area contributed by atoms with Crippen LogP contribution >= 0.6 is 0 Å². The van der Waals surface area contributed by atoms with Gasteiger partial charge in [-0.2, -0.15) is 0 Å². The van der Waals surface area contributed by atoms with E-state index in [0.717, 1.165) is 5.56 Å². The molecular weight excluding hydrogens is 245 g/mol. The first-order valence-electron chi connectivity index (χ1n) is 5.84. The van der Waals surface area contributed by atoms with Crippen molar-refractivity contribution in [3.05, 3.63) is 58.9 Å². The summed E-state index contributed by atoms with van der Waals surface area (Å²) in [5, 5.41) is 12.2. The molecule has 2 N–H and O–H groups in total. The maximum Gasteiger partial charge on any atom is 0.255 e. The molecule has 2 aromatic carbocycles. The molecule has 2 rings (SSSR count). The summed E-state index contributed by atoms with van der Waals surface area (Å²) in [6.07, 6.45) is 0. The number of phenolic OH excluding ortho intramolecular Hbond substituents is 1. The van der Waals surface area contributed by atoms with Gasteiger partial charge in [-0.15, -0.1) is 0 Å². The molecule has 0 fully saturated rings. The van der Waals surface area contributed by atoms with E-state index in [1.165, 1.54) is 12.1 Å². The first kappa shape index (κ1) is 13.1. The van der Waals surface area contributed by atoms with Gasteiger partial charge in [-0.1, -0.05) is 12.1 Å². The monoisotopic (exact) mass is 259 g/mol.